The maximum Gasteiger partial charge on any atom is 0.335 e. The van der Waals surface area contributed by atoms with E-state index in [1.54, 1.807) is 37.3 Å². The highest BCUT2D eigenvalue weighted by Gasteiger charge is 2.37. The molecular formula is C26H20BrClN2O4. The predicted molar refractivity (Wildman–Crippen MR) is 135 cm³/mol. The average Bonchev–Trinajstić information content (AvgIpc) is 2.78. The van der Waals surface area contributed by atoms with E-state index >= 15 is 0 Å². The van der Waals surface area contributed by atoms with Crippen molar-refractivity contribution in [1.29, 1.82) is 0 Å². The lowest BCUT2D eigenvalue weighted by atomic mass is 10.0. The molecule has 0 unspecified atom stereocenters. The van der Waals surface area contributed by atoms with Crippen molar-refractivity contribution in [3.63, 3.8) is 0 Å². The molecule has 8 heteroatoms. The first-order valence-corrected chi connectivity index (χ1v) is 11.6. The van der Waals surface area contributed by atoms with Crippen LogP contribution in [0, 0.1) is 13.8 Å². The van der Waals surface area contributed by atoms with Crippen LogP contribution >= 0.6 is 27.5 Å². The molecule has 0 aromatic heterocycles. The van der Waals surface area contributed by atoms with Gasteiger partial charge in [-0.1, -0.05) is 57.4 Å². The molecule has 0 saturated carbocycles. The van der Waals surface area contributed by atoms with Crippen molar-refractivity contribution in [2.45, 2.75) is 20.5 Å². The standard InChI is InChI=1S/C26H20BrClN2O4/c1-15-3-9-22(16(2)11-15)30-25(32)21(24(31)29-26(30)33)13-18-12-20(28)8-10-23(18)34-14-17-4-6-19(27)7-5-17/h3-13H,14H2,1-2H3,(H,29,31,33)/b21-13+. The number of halogens is 2. The van der Waals surface area contributed by atoms with Gasteiger partial charge in [0.2, 0.25) is 0 Å². The molecule has 1 fully saturated rings. The molecule has 6 nitrogen and oxygen atoms in total. The Hall–Kier alpha value is -3.42. The number of aryl methyl sites for hydroxylation is 2. The van der Waals surface area contributed by atoms with E-state index in [1.807, 2.05) is 37.3 Å². The Balaban J connectivity index is 1.68. The first kappa shape index (κ1) is 23.7. The normalized spacial score (nSPS) is 15.0. The van der Waals surface area contributed by atoms with Gasteiger partial charge >= 0.3 is 6.03 Å². The number of carbonyl (C=O) groups is 3. The quantitative estimate of drug-likeness (QED) is 0.320. The fraction of sp³-hybridized carbons (Fsp3) is 0.115. The van der Waals surface area contributed by atoms with E-state index in [9.17, 15) is 14.4 Å². The second-order valence-corrected chi connectivity index (χ2v) is 9.20. The highest BCUT2D eigenvalue weighted by molar-refractivity contribution is 9.10. The third-order valence-electron chi connectivity index (χ3n) is 5.27. The largest absolute Gasteiger partial charge is 0.488 e. The monoisotopic (exact) mass is 538 g/mol. The van der Waals surface area contributed by atoms with Crippen LogP contribution in [0.25, 0.3) is 6.08 Å². The summed E-state index contributed by atoms with van der Waals surface area (Å²) in [6.45, 7) is 3.99. The van der Waals surface area contributed by atoms with Crippen molar-refractivity contribution in [3.05, 3.63) is 98.0 Å². The number of barbiturate groups is 1. The van der Waals surface area contributed by atoms with Crippen LogP contribution < -0.4 is 15.0 Å². The van der Waals surface area contributed by atoms with Gasteiger partial charge in [0.15, 0.2) is 0 Å². The van der Waals surface area contributed by atoms with Crippen molar-refractivity contribution in [1.82, 2.24) is 5.32 Å². The van der Waals surface area contributed by atoms with Gasteiger partial charge in [0, 0.05) is 15.1 Å². The van der Waals surface area contributed by atoms with E-state index in [4.69, 9.17) is 16.3 Å². The lowest BCUT2D eigenvalue weighted by Gasteiger charge is -2.27. The predicted octanol–water partition coefficient (Wildman–Crippen LogP) is 5.96. The van der Waals surface area contributed by atoms with Crippen molar-refractivity contribution in [2.24, 2.45) is 0 Å². The van der Waals surface area contributed by atoms with Gasteiger partial charge in [-0.05, 0) is 67.4 Å². The summed E-state index contributed by atoms with van der Waals surface area (Å²) in [5, 5.41) is 2.66. The second-order valence-electron chi connectivity index (χ2n) is 7.85. The molecule has 3 aromatic rings. The molecule has 1 N–H and O–H groups in total. The number of imide groups is 2. The van der Waals surface area contributed by atoms with Gasteiger partial charge in [-0.25, -0.2) is 9.69 Å². The highest BCUT2D eigenvalue weighted by Crippen LogP contribution is 2.30. The zero-order chi connectivity index (χ0) is 24.4. The molecule has 1 heterocycles. The molecule has 0 aliphatic carbocycles. The number of nitrogens with zero attached hydrogens (tertiary/aromatic N) is 1. The van der Waals surface area contributed by atoms with Gasteiger partial charge in [0.25, 0.3) is 11.8 Å². The van der Waals surface area contributed by atoms with Crippen LogP contribution in [-0.2, 0) is 16.2 Å². The summed E-state index contributed by atoms with van der Waals surface area (Å²) in [6, 6.07) is 17.1. The van der Waals surface area contributed by atoms with Crippen LogP contribution in [0.3, 0.4) is 0 Å². The minimum Gasteiger partial charge on any atom is -0.488 e. The Bertz CT molecular complexity index is 1340. The fourth-order valence-electron chi connectivity index (χ4n) is 3.59. The third-order valence-corrected chi connectivity index (χ3v) is 6.04. The van der Waals surface area contributed by atoms with Crippen LogP contribution in [0.1, 0.15) is 22.3 Å². The minimum absolute atomic E-state index is 0.199. The van der Waals surface area contributed by atoms with E-state index in [-0.39, 0.29) is 12.2 Å². The first-order valence-electron chi connectivity index (χ1n) is 10.4. The summed E-state index contributed by atoms with van der Waals surface area (Å²) >= 11 is 9.59. The smallest absolute Gasteiger partial charge is 0.335 e. The maximum atomic E-state index is 13.3. The zero-order valence-electron chi connectivity index (χ0n) is 18.4. The Labute approximate surface area is 210 Å². The fourth-order valence-corrected chi connectivity index (χ4v) is 4.04. The summed E-state index contributed by atoms with van der Waals surface area (Å²) in [6.07, 6.45) is 1.39. The molecule has 1 saturated heterocycles. The van der Waals surface area contributed by atoms with Gasteiger partial charge in [0.05, 0.1) is 5.69 Å². The Morgan fingerprint density at radius 3 is 2.44 bits per heavy atom. The van der Waals surface area contributed by atoms with E-state index in [2.05, 4.69) is 21.2 Å². The maximum absolute atomic E-state index is 13.3. The van der Waals surface area contributed by atoms with E-state index in [0.29, 0.717) is 22.0 Å². The molecule has 0 atom stereocenters. The minimum atomic E-state index is -0.795. The number of anilines is 1. The van der Waals surface area contributed by atoms with Crippen molar-refractivity contribution >= 4 is 57.1 Å². The topological polar surface area (TPSA) is 75.7 Å². The number of hydrogen-bond acceptors (Lipinski definition) is 4. The highest BCUT2D eigenvalue weighted by atomic mass is 79.9. The van der Waals surface area contributed by atoms with Crippen molar-refractivity contribution in [2.75, 3.05) is 4.90 Å². The molecule has 4 amide bonds. The first-order chi connectivity index (χ1) is 16.2. The molecular weight excluding hydrogens is 520 g/mol. The number of amides is 4. The van der Waals surface area contributed by atoms with Gasteiger partial charge in [0.1, 0.15) is 17.9 Å². The molecule has 1 aliphatic rings. The molecule has 0 radical (unpaired) electrons. The Kier molecular flexibility index (Phi) is 6.86. The van der Waals surface area contributed by atoms with Crippen LogP contribution in [-0.4, -0.2) is 17.8 Å². The van der Waals surface area contributed by atoms with E-state index in [1.165, 1.54) is 6.08 Å². The van der Waals surface area contributed by atoms with Crippen LogP contribution in [0.15, 0.2) is 70.7 Å². The van der Waals surface area contributed by atoms with Crippen molar-refractivity contribution in [3.8, 4) is 5.75 Å². The van der Waals surface area contributed by atoms with Crippen molar-refractivity contribution < 1.29 is 19.1 Å². The lowest BCUT2D eigenvalue weighted by Crippen LogP contribution is -2.54. The molecule has 172 valence electrons. The number of rotatable bonds is 5. The van der Waals surface area contributed by atoms with Crippen LogP contribution in [0.5, 0.6) is 5.75 Å². The molecule has 4 rings (SSSR count). The second kappa shape index (κ2) is 9.83. The third kappa shape index (κ3) is 5.05. The summed E-state index contributed by atoms with van der Waals surface area (Å²) < 4.78 is 6.91. The summed E-state index contributed by atoms with van der Waals surface area (Å²) in [4.78, 5) is 39.4. The number of carbonyl (C=O) groups excluding carboxylic acids is 3. The number of hydrogen-bond donors (Lipinski definition) is 1. The Morgan fingerprint density at radius 1 is 1.00 bits per heavy atom. The van der Waals surface area contributed by atoms with Crippen LogP contribution in [0.2, 0.25) is 5.02 Å². The molecule has 34 heavy (non-hydrogen) atoms. The molecule has 0 spiro atoms. The number of benzene rings is 3. The lowest BCUT2D eigenvalue weighted by molar-refractivity contribution is -0.122. The van der Waals surface area contributed by atoms with Gasteiger partial charge < -0.3 is 4.74 Å². The number of nitrogens with one attached hydrogen (secondary N) is 1. The van der Waals surface area contributed by atoms with E-state index < -0.39 is 17.8 Å². The zero-order valence-corrected chi connectivity index (χ0v) is 20.7. The Morgan fingerprint density at radius 2 is 1.74 bits per heavy atom. The molecule has 1 aliphatic heterocycles. The van der Waals surface area contributed by atoms with E-state index in [0.717, 1.165) is 26.1 Å². The van der Waals surface area contributed by atoms with Crippen LogP contribution in [0.4, 0.5) is 10.5 Å². The summed E-state index contributed by atoms with van der Waals surface area (Å²) in [5.41, 5.74) is 3.32. The molecule has 0 bridgehead atoms. The van der Waals surface area contributed by atoms with Gasteiger partial charge in [-0.3, -0.25) is 14.9 Å². The summed E-state index contributed by atoms with van der Waals surface area (Å²) in [5.74, 6) is -1.07. The SMILES string of the molecule is Cc1ccc(N2C(=O)NC(=O)/C(=C\c3cc(Cl)ccc3OCc3ccc(Br)cc3)C2=O)c(C)c1. The average molecular weight is 540 g/mol. The van der Waals surface area contributed by atoms with Gasteiger partial charge in [-0.15, -0.1) is 0 Å². The van der Waals surface area contributed by atoms with Gasteiger partial charge in [-0.2, -0.15) is 0 Å². The molecule has 3 aromatic carbocycles. The number of urea groups is 1. The summed E-state index contributed by atoms with van der Waals surface area (Å²) in [7, 11) is 0. The number of ether oxygens (including phenoxy) is 1.